The molecule has 1 aromatic carbocycles. The number of aliphatic hydroxyl groups excluding tert-OH is 10. The third-order valence-electron chi connectivity index (χ3n) is 8.56. The van der Waals surface area contributed by atoms with E-state index in [4.69, 9.17) is 75.9 Å². The molecule has 10 unspecified atom stereocenters. The molecule has 33 nitrogen and oxygen atoms in total. The quantitative estimate of drug-likeness (QED) is 0.0612. The van der Waals surface area contributed by atoms with Crippen LogP contribution in [0.2, 0.25) is 0 Å². The zero-order valence-corrected chi connectivity index (χ0v) is 44.8. The number of ether oxygens (including phenoxy) is 1. The number of carboxylic acid groups (broad SMARTS) is 10. The molecule has 2 rings (SSSR count). The number of Topliss-reactive ketones (excluding diaryl/α,β-unsaturated/α-hetero) is 1. The summed E-state index contributed by atoms with van der Waals surface area (Å²) in [6.45, 7) is 11.5. The zero-order chi connectivity index (χ0) is 65.1. The molecule has 1 heterocycles. The van der Waals surface area contributed by atoms with Gasteiger partial charge in [-0.05, 0) is 47.0 Å². The first kappa shape index (κ1) is 97.7. The van der Waals surface area contributed by atoms with E-state index in [1.807, 2.05) is 0 Å². The van der Waals surface area contributed by atoms with Gasteiger partial charge in [0.15, 0.2) is 5.76 Å². The molecular weight excluding hydrogens is 1130 g/mol. The van der Waals surface area contributed by atoms with Crippen molar-refractivity contribution in [1.29, 1.82) is 0 Å². The molecule has 488 valence electrons. The number of ketones is 1. The third-order valence-corrected chi connectivity index (χ3v) is 8.56. The molecule has 33 heteroatoms. The van der Waals surface area contributed by atoms with Gasteiger partial charge in [0.1, 0.15) is 42.9 Å². The van der Waals surface area contributed by atoms with Gasteiger partial charge in [-0.15, -0.1) is 0 Å². The lowest BCUT2D eigenvalue weighted by molar-refractivity contribution is -0.320. The van der Waals surface area contributed by atoms with Gasteiger partial charge in [0.25, 0.3) is 0 Å². The molecule has 83 heavy (non-hydrogen) atoms. The SMILES string of the molecule is C.C.C.CC(=O)[O-].CC(C(=O)O)C(O)C(=O)[O-].CC(C)C(=O)[O-].CC(CC(=O)O)C(=O)[O-].CC(O)(CC(=O)[O-])CC(=O)O.CCC(=O)[O-].Cc1ccc(C)cc1.O=C([O-])C(O)C(O)C(O)C(O)CO.O=C1COCC(C(O)CO)C(O)=C1O. The highest BCUT2D eigenvalue weighted by Gasteiger charge is 2.32. The van der Waals surface area contributed by atoms with Gasteiger partial charge in [-0.2, -0.15) is 0 Å². The number of carbonyl (C=O) groups excluding carboxylic acids is 8. The molecule has 1 aliphatic heterocycles. The average Bonchev–Trinajstić information content (AvgIpc) is 3.46. The van der Waals surface area contributed by atoms with Crippen LogP contribution in [0.5, 0.6) is 0 Å². The summed E-state index contributed by atoms with van der Waals surface area (Å²) in [6, 6.07) is 8.48. The Bertz CT molecular complexity index is 1990. The Morgan fingerprint density at radius 1 is 0.639 bits per heavy atom. The number of hydrogen-bond donors (Lipinski definition) is 14. The minimum absolute atomic E-state index is 0. The molecule has 0 saturated heterocycles. The lowest BCUT2D eigenvalue weighted by Gasteiger charge is -2.25. The van der Waals surface area contributed by atoms with Crippen molar-refractivity contribution in [2.75, 3.05) is 26.4 Å². The summed E-state index contributed by atoms with van der Waals surface area (Å²) in [5.74, 6) is -19.0. The van der Waals surface area contributed by atoms with Crippen LogP contribution in [0.25, 0.3) is 0 Å². The van der Waals surface area contributed by atoms with Crippen molar-refractivity contribution in [1.82, 2.24) is 0 Å². The second kappa shape index (κ2) is 53.8. The summed E-state index contributed by atoms with van der Waals surface area (Å²) in [7, 11) is 0. The predicted octanol–water partition coefficient (Wildman–Crippen LogP) is -9.42. The number of carbonyl (C=O) groups is 11. The fourth-order valence-electron chi connectivity index (χ4n) is 3.85. The monoisotopic (exact) mass is 1210 g/mol. The van der Waals surface area contributed by atoms with E-state index in [0.29, 0.717) is 0 Å². The summed E-state index contributed by atoms with van der Waals surface area (Å²) < 4.78 is 4.80. The fraction of sp³-hybridized carbons (Fsp3) is 0.620. The molecule has 0 fully saturated rings. The van der Waals surface area contributed by atoms with Crippen LogP contribution in [0.4, 0.5) is 0 Å². The number of hydrogen-bond acceptors (Lipinski definition) is 30. The van der Waals surface area contributed by atoms with Gasteiger partial charge in [-0.1, -0.05) is 85.4 Å². The Kier molecular flexibility index (Phi) is 63.4. The highest BCUT2D eigenvalue weighted by atomic mass is 16.5. The van der Waals surface area contributed by atoms with Gasteiger partial charge in [-0.3, -0.25) is 19.2 Å². The van der Waals surface area contributed by atoms with Crippen molar-refractivity contribution in [3.63, 3.8) is 0 Å². The van der Waals surface area contributed by atoms with Gasteiger partial charge < -0.3 is 146 Å². The van der Waals surface area contributed by atoms with E-state index >= 15 is 0 Å². The highest BCUT2D eigenvalue weighted by molar-refractivity contribution is 5.94. The Labute approximate surface area is 478 Å². The molecule has 1 aliphatic rings. The second-order valence-corrected chi connectivity index (χ2v) is 16.7. The maximum atomic E-state index is 10.9. The molecule has 0 aliphatic carbocycles. The summed E-state index contributed by atoms with van der Waals surface area (Å²) >= 11 is 0. The number of carboxylic acids is 10. The summed E-state index contributed by atoms with van der Waals surface area (Å²) in [5.41, 5.74) is 0.941. The number of aliphatic hydroxyl groups is 11. The van der Waals surface area contributed by atoms with Crippen molar-refractivity contribution >= 4 is 65.5 Å². The molecule has 14 N–H and O–H groups in total. The Balaban J connectivity index is -0.0000000917. The molecule has 0 amide bonds. The maximum absolute atomic E-state index is 10.9. The number of rotatable bonds is 19. The Morgan fingerprint density at radius 2 is 1.01 bits per heavy atom. The van der Waals surface area contributed by atoms with Crippen LogP contribution >= 0.6 is 0 Å². The summed E-state index contributed by atoms with van der Waals surface area (Å²) in [4.78, 5) is 108. The van der Waals surface area contributed by atoms with Crippen LogP contribution in [0, 0.1) is 37.5 Å². The standard InChI is InChI=1S/C8H12O6.C8H10.C6H12O7.C6H10O5.C5H8O5.C5H8O4.C4H8O2.C3H6O2.C2H4O2.3CH4/c9-1-5(10)4-2-14-3-6(11)8(13)7(4)12;1-7-3-5-8(2)6-4-7;7-1-2(8)3(9)4(10)5(11)6(12)13;1-6(11,2-4(7)8)3-5(9)10;1-2(4(7)8)3(6)5(9)10;1-3(5(8)9)2-4(6)7;1-3(2)4(5)6;1-2-3(4)5;1-2(3)4;;;/h4-5,9-10,12-13H,1-3H2;3-6H,1-2H3;2-5,7-11H,1H2,(H,12,13);11H,2-3H2,1H3,(H,7,8)(H,9,10);2-3,6H,1H3,(H,7,8)(H,9,10);3H,2H2,1H3,(H,6,7)(H,8,9);3H,1-2H3,(H,5,6);2H2,1H3,(H,4,5);1H3,(H,3,4);3*1H4/p-7. The van der Waals surface area contributed by atoms with Crippen LogP contribution in [0.15, 0.2) is 35.8 Å². The van der Waals surface area contributed by atoms with E-state index in [1.165, 1.54) is 25.0 Å². The van der Waals surface area contributed by atoms with Crippen LogP contribution in [0.3, 0.4) is 0 Å². The third kappa shape index (κ3) is 60.5. The van der Waals surface area contributed by atoms with Crippen LogP contribution in [-0.2, 0) is 57.5 Å². The van der Waals surface area contributed by atoms with Gasteiger partial charge >= 0.3 is 17.9 Å². The number of aryl methyl sites for hydroxylation is 2. The van der Waals surface area contributed by atoms with E-state index in [0.717, 1.165) is 20.8 Å². The molecule has 0 radical (unpaired) electrons. The molecule has 0 spiro atoms. The minimum Gasteiger partial charge on any atom is -0.550 e. The zero-order valence-electron chi connectivity index (χ0n) is 44.8. The van der Waals surface area contributed by atoms with Gasteiger partial charge in [0, 0.05) is 42.2 Å². The van der Waals surface area contributed by atoms with E-state index in [-0.39, 0.29) is 54.3 Å². The highest BCUT2D eigenvalue weighted by Crippen LogP contribution is 2.20. The molecule has 0 bridgehead atoms. The predicted molar refractivity (Wildman–Crippen MR) is 269 cm³/mol. The van der Waals surface area contributed by atoms with Gasteiger partial charge in [0.05, 0.1) is 68.1 Å². The minimum atomic E-state index is -2.31. The second-order valence-electron chi connectivity index (χ2n) is 16.7. The maximum Gasteiger partial charge on any atom is 0.309 e. The molecule has 1 aromatic rings. The number of benzene rings is 1. The van der Waals surface area contributed by atoms with Crippen molar-refractivity contribution in [3.05, 3.63) is 46.9 Å². The normalized spacial score (nSPS) is 15.2. The Morgan fingerprint density at radius 3 is 1.24 bits per heavy atom. The van der Waals surface area contributed by atoms with E-state index in [1.54, 1.807) is 13.8 Å². The van der Waals surface area contributed by atoms with Gasteiger partial charge in [0.2, 0.25) is 5.78 Å². The fourth-order valence-corrected chi connectivity index (χ4v) is 3.85. The van der Waals surface area contributed by atoms with E-state index in [9.17, 15) is 88.8 Å². The van der Waals surface area contributed by atoms with Crippen molar-refractivity contribution < 1.29 is 165 Å². The first-order valence-electron chi connectivity index (χ1n) is 22.6. The van der Waals surface area contributed by atoms with Crippen molar-refractivity contribution in [2.24, 2.45) is 23.7 Å². The van der Waals surface area contributed by atoms with Crippen LogP contribution in [0.1, 0.15) is 108 Å². The van der Waals surface area contributed by atoms with E-state index < -0.39 is 163 Å². The Hall–Kier alpha value is -7.47. The van der Waals surface area contributed by atoms with E-state index in [2.05, 4.69) is 38.1 Å². The first-order valence-corrected chi connectivity index (χ1v) is 22.6. The van der Waals surface area contributed by atoms with Crippen LogP contribution in [-0.4, -0.2) is 206 Å². The van der Waals surface area contributed by atoms with Crippen molar-refractivity contribution in [2.45, 2.75) is 153 Å². The average molecular weight is 1210 g/mol. The van der Waals surface area contributed by atoms with Gasteiger partial charge in [-0.25, -0.2) is 0 Å². The number of aliphatic carboxylic acids is 10. The summed E-state index contributed by atoms with van der Waals surface area (Å²) in [6.07, 6.45) is -12.8. The molecule has 0 saturated carbocycles. The molecule has 10 atom stereocenters. The lowest BCUT2D eigenvalue weighted by atomic mass is 9.99. The molecule has 0 aromatic heterocycles. The lowest BCUT2D eigenvalue weighted by Crippen LogP contribution is -2.52. The first-order chi connectivity index (χ1) is 36.3. The molecular formula is C50H83O33-7. The van der Waals surface area contributed by atoms with Crippen LogP contribution < -0.4 is 35.7 Å². The van der Waals surface area contributed by atoms with Crippen molar-refractivity contribution in [3.8, 4) is 0 Å². The smallest absolute Gasteiger partial charge is 0.309 e. The summed E-state index contributed by atoms with van der Waals surface area (Å²) in [5, 5.41) is 189. The topological polar surface area (TPSA) is 642 Å². The largest absolute Gasteiger partial charge is 0.550 e.